The van der Waals surface area contributed by atoms with E-state index in [4.69, 9.17) is 8.83 Å². The highest BCUT2D eigenvalue weighted by Gasteiger charge is 2.07. The van der Waals surface area contributed by atoms with Crippen LogP contribution in [-0.4, -0.2) is 12.0 Å². The Hall–Kier alpha value is -1.71. The smallest absolute Gasteiger partial charge is 0.294 e. The van der Waals surface area contributed by atoms with Gasteiger partial charge < -0.3 is 14.2 Å². The van der Waals surface area contributed by atoms with Crippen LogP contribution in [0.15, 0.2) is 27.2 Å². The number of anilines is 1. The molecule has 0 spiro atoms. The van der Waals surface area contributed by atoms with Crippen molar-refractivity contribution in [3.8, 4) is 11.5 Å². The van der Waals surface area contributed by atoms with Gasteiger partial charge in [-0.15, -0.1) is 0 Å². The number of aromatic nitrogens is 1. The number of nitrogens with one attached hydrogen (secondary N) is 1. The summed E-state index contributed by atoms with van der Waals surface area (Å²) in [7, 11) is 1.75. The first-order valence-corrected chi connectivity index (χ1v) is 4.00. The van der Waals surface area contributed by atoms with Crippen LogP contribution in [0.1, 0.15) is 5.76 Å². The zero-order valence-corrected chi connectivity index (χ0v) is 7.50. The average molecular weight is 178 g/mol. The van der Waals surface area contributed by atoms with Crippen molar-refractivity contribution < 1.29 is 8.83 Å². The van der Waals surface area contributed by atoms with E-state index in [1.54, 1.807) is 13.2 Å². The summed E-state index contributed by atoms with van der Waals surface area (Å²) in [4.78, 5) is 3.98. The number of hydrogen-bond donors (Lipinski definition) is 1. The maximum absolute atomic E-state index is 5.37. The highest BCUT2D eigenvalue weighted by atomic mass is 16.4. The minimum Gasteiger partial charge on any atom is -0.458 e. The van der Waals surface area contributed by atoms with E-state index in [1.807, 2.05) is 19.1 Å². The standard InChI is InChI=1S/C9H10N2O2/c1-6-3-4-7(12-6)8-5-11-9(10-2)13-8/h3-5H,1-2H3,(H,10,11). The molecule has 4 heteroatoms. The Labute approximate surface area is 75.6 Å². The maximum Gasteiger partial charge on any atom is 0.294 e. The fourth-order valence-corrected chi connectivity index (χ4v) is 1.07. The van der Waals surface area contributed by atoms with E-state index in [9.17, 15) is 0 Å². The van der Waals surface area contributed by atoms with E-state index in [0.717, 1.165) is 5.76 Å². The Morgan fingerprint density at radius 3 is 2.62 bits per heavy atom. The molecule has 0 aromatic carbocycles. The van der Waals surface area contributed by atoms with Crippen LogP contribution in [0.4, 0.5) is 6.01 Å². The molecule has 0 unspecified atom stereocenters. The second-order valence-electron chi connectivity index (χ2n) is 2.69. The lowest BCUT2D eigenvalue weighted by Gasteiger charge is -1.89. The Bertz CT molecular complexity index is 403. The van der Waals surface area contributed by atoms with Crippen LogP contribution in [-0.2, 0) is 0 Å². The minimum absolute atomic E-state index is 0.490. The Balaban J connectivity index is 2.35. The van der Waals surface area contributed by atoms with Gasteiger partial charge >= 0.3 is 0 Å². The molecule has 2 aromatic heterocycles. The Morgan fingerprint density at radius 1 is 1.23 bits per heavy atom. The van der Waals surface area contributed by atoms with Crippen molar-refractivity contribution in [3.63, 3.8) is 0 Å². The van der Waals surface area contributed by atoms with Gasteiger partial charge in [0.05, 0.1) is 6.20 Å². The summed E-state index contributed by atoms with van der Waals surface area (Å²) in [5, 5.41) is 2.80. The quantitative estimate of drug-likeness (QED) is 0.766. The zero-order valence-electron chi connectivity index (χ0n) is 7.50. The molecule has 0 amide bonds. The lowest BCUT2D eigenvalue weighted by atomic mass is 10.4. The third-order valence-corrected chi connectivity index (χ3v) is 1.70. The molecule has 0 bridgehead atoms. The normalized spacial score (nSPS) is 10.3. The summed E-state index contributed by atoms with van der Waals surface area (Å²) >= 11 is 0. The summed E-state index contributed by atoms with van der Waals surface area (Å²) in [6, 6.07) is 4.23. The minimum atomic E-state index is 0.490. The van der Waals surface area contributed by atoms with Gasteiger partial charge in [-0.05, 0) is 19.1 Å². The molecule has 0 aliphatic heterocycles. The van der Waals surface area contributed by atoms with Gasteiger partial charge in [-0.2, -0.15) is 0 Å². The molecule has 2 rings (SSSR count). The van der Waals surface area contributed by atoms with Crippen molar-refractivity contribution >= 4 is 6.01 Å². The van der Waals surface area contributed by atoms with Crippen LogP contribution >= 0.6 is 0 Å². The molecular formula is C9H10N2O2. The third kappa shape index (κ3) is 1.42. The molecule has 2 aromatic rings. The highest BCUT2D eigenvalue weighted by molar-refractivity contribution is 5.50. The molecule has 1 N–H and O–H groups in total. The summed E-state index contributed by atoms with van der Waals surface area (Å²) < 4.78 is 10.7. The molecule has 0 fully saturated rings. The molecular weight excluding hydrogens is 168 g/mol. The Morgan fingerprint density at radius 2 is 2.08 bits per heavy atom. The molecule has 68 valence electrons. The molecule has 2 heterocycles. The van der Waals surface area contributed by atoms with Gasteiger partial charge in [0.15, 0.2) is 11.5 Å². The largest absolute Gasteiger partial charge is 0.458 e. The zero-order chi connectivity index (χ0) is 9.26. The highest BCUT2D eigenvalue weighted by Crippen LogP contribution is 2.23. The second kappa shape index (κ2) is 2.97. The van der Waals surface area contributed by atoms with E-state index in [0.29, 0.717) is 17.5 Å². The van der Waals surface area contributed by atoms with Crippen molar-refractivity contribution in [2.24, 2.45) is 0 Å². The molecule has 0 radical (unpaired) electrons. The van der Waals surface area contributed by atoms with Gasteiger partial charge in [-0.25, -0.2) is 4.98 Å². The number of rotatable bonds is 2. The van der Waals surface area contributed by atoms with Crippen LogP contribution in [0.25, 0.3) is 11.5 Å². The average Bonchev–Trinajstić information content (AvgIpc) is 2.71. The van der Waals surface area contributed by atoms with Crippen LogP contribution in [0.3, 0.4) is 0 Å². The predicted octanol–water partition coefficient (Wildman–Crippen LogP) is 2.28. The molecule has 0 aliphatic rings. The fraction of sp³-hybridized carbons (Fsp3) is 0.222. The number of oxazole rings is 1. The van der Waals surface area contributed by atoms with E-state index in [2.05, 4.69) is 10.3 Å². The number of hydrogen-bond acceptors (Lipinski definition) is 4. The summed E-state index contributed by atoms with van der Waals surface area (Å²) in [5.74, 6) is 2.20. The topological polar surface area (TPSA) is 51.2 Å². The molecule has 0 saturated heterocycles. The van der Waals surface area contributed by atoms with Gasteiger partial charge in [-0.1, -0.05) is 0 Å². The van der Waals surface area contributed by atoms with Crippen molar-refractivity contribution in [2.45, 2.75) is 6.92 Å². The summed E-state index contributed by atoms with van der Waals surface area (Å²) in [6.07, 6.45) is 1.63. The molecule has 4 nitrogen and oxygen atoms in total. The second-order valence-corrected chi connectivity index (χ2v) is 2.69. The summed E-state index contributed by atoms with van der Waals surface area (Å²) in [5.41, 5.74) is 0. The van der Waals surface area contributed by atoms with E-state index < -0.39 is 0 Å². The van der Waals surface area contributed by atoms with Crippen LogP contribution in [0.2, 0.25) is 0 Å². The molecule has 0 saturated carbocycles. The van der Waals surface area contributed by atoms with E-state index >= 15 is 0 Å². The van der Waals surface area contributed by atoms with Crippen molar-refractivity contribution in [1.29, 1.82) is 0 Å². The van der Waals surface area contributed by atoms with Crippen molar-refractivity contribution in [3.05, 3.63) is 24.1 Å². The van der Waals surface area contributed by atoms with Crippen molar-refractivity contribution in [1.82, 2.24) is 4.98 Å². The van der Waals surface area contributed by atoms with Crippen LogP contribution in [0, 0.1) is 6.92 Å². The van der Waals surface area contributed by atoms with Crippen LogP contribution in [0.5, 0.6) is 0 Å². The molecule has 0 aliphatic carbocycles. The van der Waals surface area contributed by atoms with E-state index in [1.165, 1.54) is 0 Å². The lowest BCUT2D eigenvalue weighted by Crippen LogP contribution is -1.84. The van der Waals surface area contributed by atoms with E-state index in [-0.39, 0.29) is 0 Å². The summed E-state index contributed by atoms with van der Waals surface area (Å²) in [6.45, 7) is 1.89. The predicted molar refractivity (Wildman–Crippen MR) is 48.5 cm³/mol. The van der Waals surface area contributed by atoms with Gasteiger partial charge in [-0.3, -0.25) is 0 Å². The fourth-order valence-electron chi connectivity index (χ4n) is 1.07. The van der Waals surface area contributed by atoms with Gasteiger partial charge in [0.25, 0.3) is 6.01 Å². The first-order valence-electron chi connectivity index (χ1n) is 4.00. The lowest BCUT2D eigenvalue weighted by molar-refractivity contribution is 0.511. The monoisotopic (exact) mass is 178 g/mol. The maximum atomic E-state index is 5.37. The number of nitrogens with zero attached hydrogens (tertiary/aromatic N) is 1. The molecule has 13 heavy (non-hydrogen) atoms. The first kappa shape index (κ1) is 7.91. The van der Waals surface area contributed by atoms with Crippen molar-refractivity contribution in [2.75, 3.05) is 12.4 Å². The first-order chi connectivity index (χ1) is 6.29. The van der Waals surface area contributed by atoms with Crippen LogP contribution < -0.4 is 5.32 Å². The number of aryl methyl sites for hydroxylation is 1. The van der Waals surface area contributed by atoms with Gasteiger partial charge in [0, 0.05) is 7.05 Å². The number of furan rings is 1. The molecule has 0 atom stereocenters. The van der Waals surface area contributed by atoms with Gasteiger partial charge in [0.1, 0.15) is 5.76 Å². The SMILES string of the molecule is CNc1ncc(-c2ccc(C)o2)o1. The van der Waals surface area contributed by atoms with Gasteiger partial charge in [0.2, 0.25) is 0 Å². The Kier molecular flexibility index (Phi) is 1.81. The third-order valence-electron chi connectivity index (χ3n) is 1.70.